The van der Waals surface area contributed by atoms with Crippen molar-refractivity contribution in [1.82, 2.24) is 15.2 Å². The third-order valence-electron chi connectivity index (χ3n) is 6.32. The molecule has 1 atom stereocenters. The molecule has 1 aromatic carbocycles. The monoisotopic (exact) mass is 395 g/mol. The molecule has 1 unspecified atom stereocenters. The van der Waals surface area contributed by atoms with E-state index < -0.39 is 0 Å². The van der Waals surface area contributed by atoms with Gasteiger partial charge in [0.25, 0.3) is 5.56 Å². The lowest BCUT2D eigenvalue weighted by Crippen LogP contribution is -2.39. The van der Waals surface area contributed by atoms with E-state index in [1.54, 1.807) is 0 Å². The number of pyridine rings is 1. The number of H-pyrrole nitrogens is 1. The number of aromatic nitrogens is 1. The minimum absolute atomic E-state index is 0.0792. The van der Waals surface area contributed by atoms with Crippen LogP contribution >= 0.6 is 0 Å². The number of aryl methyl sites for hydroxylation is 1. The van der Waals surface area contributed by atoms with Crippen LogP contribution in [0.25, 0.3) is 10.9 Å². The van der Waals surface area contributed by atoms with Gasteiger partial charge >= 0.3 is 0 Å². The number of amides is 2. The Hall–Kier alpha value is -2.63. The summed E-state index contributed by atoms with van der Waals surface area (Å²) in [6.45, 7) is 2.92. The fourth-order valence-corrected chi connectivity index (χ4v) is 4.66. The van der Waals surface area contributed by atoms with Crippen molar-refractivity contribution in [3.63, 3.8) is 0 Å². The number of aromatic amines is 1. The van der Waals surface area contributed by atoms with Crippen LogP contribution in [-0.2, 0) is 16.0 Å². The minimum Gasteiger partial charge on any atom is -0.355 e. The molecule has 2 aliphatic rings. The Morgan fingerprint density at radius 2 is 1.97 bits per heavy atom. The molecule has 29 heavy (non-hydrogen) atoms. The van der Waals surface area contributed by atoms with E-state index in [1.165, 1.54) is 19.3 Å². The van der Waals surface area contributed by atoms with Gasteiger partial charge in [-0.3, -0.25) is 14.4 Å². The number of fused-ring (bicyclic) bond motifs is 1. The van der Waals surface area contributed by atoms with E-state index in [-0.39, 0.29) is 23.3 Å². The maximum atomic E-state index is 12.6. The molecule has 6 heteroatoms. The van der Waals surface area contributed by atoms with Gasteiger partial charge < -0.3 is 15.2 Å². The number of nitrogens with one attached hydrogen (secondary N) is 2. The number of likely N-dealkylation sites (tertiary alicyclic amines) is 1. The molecule has 2 heterocycles. The molecular weight excluding hydrogens is 366 g/mol. The summed E-state index contributed by atoms with van der Waals surface area (Å²) in [7, 11) is 0. The zero-order valence-electron chi connectivity index (χ0n) is 17.0. The second-order valence-corrected chi connectivity index (χ2v) is 8.49. The Labute approximate surface area is 170 Å². The number of benzene rings is 1. The molecule has 1 aromatic heterocycles. The average Bonchev–Trinajstić information content (AvgIpc) is 3.11. The molecule has 0 radical (unpaired) electrons. The zero-order valence-corrected chi connectivity index (χ0v) is 17.0. The number of hydrogen-bond donors (Lipinski definition) is 2. The molecule has 4 rings (SSSR count). The highest BCUT2D eigenvalue weighted by atomic mass is 16.2. The lowest BCUT2D eigenvalue weighted by Gasteiger charge is -2.31. The van der Waals surface area contributed by atoms with E-state index in [0.29, 0.717) is 37.5 Å². The van der Waals surface area contributed by atoms with Gasteiger partial charge in [-0.05, 0) is 49.3 Å². The van der Waals surface area contributed by atoms with Crippen molar-refractivity contribution < 1.29 is 9.59 Å². The fourth-order valence-electron chi connectivity index (χ4n) is 4.66. The molecular formula is C23H29N3O3. The summed E-state index contributed by atoms with van der Waals surface area (Å²) >= 11 is 0. The topological polar surface area (TPSA) is 82.3 Å². The van der Waals surface area contributed by atoms with Crippen molar-refractivity contribution >= 4 is 22.7 Å². The summed E-state index contributed by atoms with van der Waals surface area (Å²) in [5.74, 6) is -0.245. The van der Waals surface area contributed by atoms with Gasteiger partial charge in [-0.2, -0.15) is 0 Å². The second-order valence-electron chi connectivity index (χ2n) is 8.49. The molecule has 0 bridgehead atoms. The quantitative estimate of drug-likeness (QED) is 0.817. The van der Waals surface area contributed by atoms with Crippen LogP contribution in [0.4, 0.5) is 0 Å². The molecule has 1 aliphatic carbocycles. The van der Waals surface area contributed by atoms with Gasteiger partial charge in [0, 0.05) is 36.6 Å². The van der Waals surface area contributed by atoms with Crippen LogP contribution in [0.3, 0.4) is 0 Å². The van der Waals surface area contributed by atoms with Crippen LogP contribution in [0.15, 0.2) is 29.1 Å². The predicted octanol–water partition coefficient (Wildman–Crippen LogP) is 2.68. The first kappa shape index (κ1) is 19.7. The van der Waals surface area contributed by atoms with Crippen molar-refractivity contribution in [2.45, 2.75) is 57.9 Å². The normalized spacial score (nSPS) is 20.4. The SMILES string of the molecule is Cc1ccc2cc(CCNC(=O)C3CC(=O)N(C4CCCCC4)C3)c(=O)[nH]c2c1. The highest BCUT2D eigenvalue weighted by Gasteiger charge is 2.37. The second kappa shape index (κ2) is 8.39. The van der Waals surface area contributed by atoms with Crippen molar-refractivity contribution in [3.05, 3.63) is 45.7 Å². The minimum atomic E-state index is -0.276. The Morgan fingerprint density at radius 1 is 1.17 bits per heavy atom. The molecule has 1 aliphatic heterocycles. The Bertz CT molecular complexity index is 975. The summed E-state index contributed by atoms with van der Waals surface area (Å²) in [6, 6.07) is 8.17. The molecule has 1 saturated heterocycles. The molecule has 2 fully saturated rings. The van der Waals surface area contributed by atoms with Gasteiger partial charge in [0.15, 0.2) is 0 Å². The number of carbonyl (C=O) groups is 2. The maximum Gasteiger partial charge on any atom is 0.251 e. The third-order valence-corrected chi connectivity index (χ3v) is 6.32. The summed E-state index contributed by atoms with van der Waals surface area (Å²) < 4.78 is 0. The van der Waals surface area contributed by atoms with E-state index in [0.717, 1.165) is 29.3 Å². The Balaban J connectivity index is 1.33. The van der Waals surface area contributed by atoms with Crippen LogP contribution in [0, 0.1) is 12.8 Å². The van der Waals surface area contributed by atoms with E-state index >= 15 is 0 Å². The fraction of sp³-hybridized carbons (Fsp3) is 0.522. The average molecular weight is 396 g/mol. The predicted molar refractivity (Wildman–Crippen MR) is 113 cm³/mol. The summed E-state index contributed by atoms with van der Waals surface area (Å²) in [5, 5.41) is 3.92. The van der Waals surface area contributed by atoms with Crippen molar-refractivity contribution in [2.24, 2.45) is 5.92 Å². The summed E-state index contributed by atoms with van der Waals surface area (Å²) in [6.07, 6.45) is 6.48. The van der Waals surface area contributed by atoms with E-state index in [9.17, 15) is 14.4 Å². The lowest BCUT2D eigenvalue weighted by molar-refractivity contribution is -0.130. The number of hydrogen-bond acceptors (Lipinski definition) is 3. The standard InChI is InChI=1S/C23H29N3O3/c1-15-7-8-16-12-17(23(29)25-20(16)11-15)9-10-24-22(28)18-13-21(27)26(14-18)19-5-3-2-4-6-19/h7-8,11-12,18-19H,2-6,9-10,13-14H2,1H3,(H,24,28)(H,25,29). The van der Waals surface area contributed by atoms with Gasteiger partial charge in [0.05, 0.1) is 5.92 Å². The van der Waals surface area contributed by atoms with Crippen molar-refractivity contribution in [3.8, 4) is 0 Å². The smallest absolute Gasteiger partial charge is 0.251 e. The number of rotatable bonds is 5. The molecule has 2 aromatic rings. The lowest BCUT2D eigenvalue weighted by atomic mass is 9.94. The zero-order chi connectivity index (χ0) is 20.4. The van der Waals surface area contributed by atoms with Gasteiger partial charge in [-0.1, -0.05) is 31.4 Å². The van der Waals surface area contributed by atoms with Crippen molar-refractivity contribution in [1.29, 1.82) is 0 Å². The number of carbonyl (C=O) groups excluding carboxylic acids is 2. The van der Waals surface area contributed by atoms with Gasteiger partial charge in [-0.15, -0.1) is 0 Å². The Kier molecular flexibility index (Phi) is 5.69. The van der Waals surface area contributed by atoms with Crippen LogP contribution < -0.4 is 10.9 Å². The third kappa shape index (κ3) is 4.36. The van der Waals surface area contributed by atoms with Crippen LogP contribution in [0.2, 0.25) is 0 Å². The van der Waals surface area contributed by atoms with Crippen LogP contribution in [-0.4, -0.2) is 40.8 Å². The van der Waals surface area contributed by atoms with Crippen LogP contribution in [0.1, 0.15) is 49.7 Å². The molecule has 0 spiro atoms. The maximum absolute atomic E-state index is 12.6. The molecule has 2 N–H and O–H groups in total. The van der Waals surface area contributed by atoms with Gasteiger partial charge in [0.1, 0.15) is 0 Å². The first-order valence-electron chi connectivity index (χ1n) is 10.7. The first-order chi connectivity index (χ1) is 14.0. The molecule has 154 valence electrons. The van der Waals surface area contributed by atoms with E-state index in [4.69, 9.17) is 0 Å². The summed E-state index contributed by atoms with van der Waals surface area (Å²) in [4.78, 5) is 42.1. The van der Waals surface area contributed by atoms with E-state index in [1.807, 2.05) is 36.1 Å². The van der Waals surface area contributed by atoms with Crippen LogP contribution in [0.5, 0.6) is 0 Å². The number of nitrogens with zero attached hydrogens (tertiary/aromatic N) is 1. The van der Waals surface area contributed by atoms with Crippen molar-refractivity contribution in [2.75, 3.05) is 13.1 Å². The molecule has 6 nitrogen and oxygen atoms in total. The molecule has 2 amide bonds. The molecule has 1 saturated carbocycles. The highest BCUT2D eigenvalue weighted by Crippen LogP contribution is 2.28. The van der Waals surface area contributed by atoms with E-state index in [2.05, 4.69) is 10.3 Å². The Morgan fingerprint density at radius 3 is 2.76 bits per heavy atom. The van der Waals surface area contributed by atoms with Gasteiger partial charge in [0.2, 0.25) is 11.8 Å². The van der Waals surface area contributed by atoms with Gasteiger partial charge in [-0.25, -0.2) is 0 Å². The highest BCUT2D eigenvalue weighted by molar-refractivity contribution is 5.89. The first-order valence-corrected chi connectivity index (χ1v) is 10.7. The largest absolute Gasteiger partial charge is 0.355 e. The summed E-state index contributed by atoms with van der Waals surface area (Å²) in [5.41, 5.74) is 2.47.